The Balaban J connectivity index is 2.38. The average Bonchev–Trinajstić information content (AvgIpc) is 2.55. The van der Waals surface area contributed by atoms with Crippen LogP contribution >= 0.6 is 11.6 Å². The van der Waals surface area contributed by atoms with E-state index in [0.29, 0.717) is 16.9 Å². The molecule has 2 heterocycles. The van der Waals surface area contributed by atoms with Crippen molar-refractivity contribution in [3.05, 3.63) is 57.5 Å². The molecule has 0 aliphatic heterocycles. The fraction of sp³-hybridized carbons (Fsp3) is 0.125. The van der Waals surface area contributed by atoms with Crippen molar-refractivity contribution >= 4 is 28.6 Å². The number of aromatic carboxylic acids is 1. The van der Waals surface area contributed by atoms with E-state index in [0.717, 1.165) is 5.56 Å². The van der Waals surface area contributed by atoms with Crippen LogP contribution in [0.15, 0.2) is 41.3 Å². The second-order valence-corrected chi connectivity index (χ2v) is 5.22. The van der Waals surface area contributed by atoms with Crippen LogP contribution in [-0.2, 0) is 6.54 Å². The third kappa shape index (κ3) is 2.47. The molecule has 0 bridgehead atoms. The van der Waals surface area contributed by atoms with Crippen molar-refractivity contribution in [3.8, 4) is 11.4 Å². The topological polar surface area (TPSA) is 85.1 Å². The molecule has 7 heteroatoms. The first-order chi connectivity index (χ1) is 11.0. The number of carboxylic acid groups (broad SMARTS) is 1. The summed E-state index contributed by atoms with van der Waals surface area (Å²) in [5.74, 6) is -0.921. The van der Waals surface area contributed by atoms with Crippen LogP contribution in [-0.4, -0.2) is 25.6 Å². The number of rotatable bonds is 3. The molecule has 3 aromatic rings. The van der Waals surface area contributed by atoms with Gasteiger partial charge in [0.1, 0.15) is 11.2 Å². The summed E-state index contributed by atoms with van der Waals surface area (Å²) in [4.78, 5) is 32.3. The molecule has 1 aromatic carbocycles. The van der Waals surface area contributed by atoms with E-state index in [2.05, 4.69) is 9.97 Å². The fourth-order valence-corrected chi connectivity index (χ4v) is 2.69. The number of benzene rings is 1. The van der Waals surface area contributed by atoms with Gasteiger partial charge in [0.05, 0.1) is 10.4 Å². The van der Waals surface area contributed by atoms with Gasteiger partial charge in [-0.15, -0.1) is 0 Å². The van der Waals surface area contributed by atoms with E-state index >= 15 is 0 Å². The SMILES string of the molecule is CCn1c(=O)c(C(=O)O)c(Cl)c2cnc(-c3ccccc3)nc21. The third-order valence-corrected chi connectivity index (χ3v) is 3.89. The van der Waals surface area contributed by atoms with Gasteiger partial charge in [-0.1, -0.05) is 41.9 Å². The number of pyridine rings is 1. The maximum atomic E-state index is 12.4. The molecule has 3 rings (SSSR count). The third-order valence-electron chi connectivity index (χ3n) is 3.50. The highest BCUT2D eigenvalue weighted by molar-refractivity contribution is 6.37. The highest BCUT2D eigenvalue weighted by Gasteiger charge is 2.21. The Labute approximate surface area is 136 Å². The quantitative estimate of drug-likeness (QED) is 0.798. The van der Waals surface area contributed by atoms with Crippen LogP contribution in [0.4, 0.5) is 0 Å². The molecule has 1 N–H and O–H groups in total. The Morgan fingerprint density at radius 3 is 2.61 bits per heavy atom. The molecular weight excluding hydrogens is 318 g/mol. The van der Waals surface area contributed by atoms with Gasteiger partial charge in [-0.25, -0.2) is 14.8 Å². The molecule has 0 aliphatic carbocycles. The van der Waals surface area contributed by atoms with Gasteiger partial charge >= 0.3 is 5.97 Å². The lowest BCUT2D eigenvalue weighted by atomic mass is 10.2. The van der Waals surface area contributed by atoms with Crippen LogP contribution in [0, 0.1) is 0 Å². The summed E-state index contributed by atoms with van der Waals surface area (Å²) in [5.41, 5.74) is -0.0171. The Kier molecular flexibility index (Phi) is 3.83. The molecule has 0 aliphatic rings. The predicted octanol–water partition coefficient (Wildman–Crippen LogP) is 2.83. The first-order valence-corrected chi connectivity index (χ1v) is 7.30. The zero-order chi connectivity index (χ0) is 16.6. The summed E-state index contributed by atoms with van der Waals surface area (Å²) < 4.78 is 1.29. The largest absolute Gasteiger partial charge is 0.477 e. The number of carboxylic acids is 1. The van der Waals surface area contributed by atoms with E-state index in [1.165, 1.54) is 10.8 Å². The minimum Gasteiger partial charge on any atom is -0.477 e. The number of nitrogens with zero attached hydrogens (tertiary/aromatic N) is 3. The Bertz CT molecular complexity index is 968. The summed E-state index contributed by atoms with van der Waals surface area (Å²) >= 11 is 6.09. The molecule has 0 saturated heterocycles. The molecule has 0 unspecified atom stereocenters. The van der Waals surface area contributed by atoms with E-state index in [-0.39, 0.29) is 11.6 Å². The lowest BCUT2D eigenvalue weighted by molar-refractivity contribution is 0.0694. The van der Waals surface area contributed by atoms with Crippen molar-refractivity contribution in [2.75, 3.05) is 0 Å². The lowest BCUT2D eigenvalue weighted by Gasteiger charge is -2.11. The number of aromatic nitrogens is 3. The molecule has 0 saturated carbocycles. The summed E-state index contributed by atoms with van der Waals surface area (Å²) in [7, 11) is 0. The smallest absolute Gasteiger partial charge is 0.342 e. The first-order valence-electron chi connectivity index (χ1n) is 6.92. The minimum absolute atomic E-state index is 0.137. The van der Waals surface area contributed by atoms with E-state index in [4.69, 9.17) is 11.6 Å². The van der Waals surface area contributed by atoms with Crippen molar-refractivity contribution in [3.63, 3.8) is 0 Å². The van der Waals surface area contributed by atoms with E-state index in [1.807, 2.05) is 30.3 Å². The molecule has 2 aromatic heterocycles. The molecular formula is C16H12ClN3O3. The standard InChI is InChI=1S/C16H12ClN3O3/c1-2-20-14-10(12(17)11(15(20)21)16(22)23)8-18-13(19-14)9-6-4-3-5-7-9/h3-8H,2H2,1H3,(H,22,23). The number of carbonyl (C=O) groups is 1. The Hall–Kier alpha value is -2.73. The minimum atomic E-state index is -1.36. The second kappa shape index (κ2) is 5.81. The highest BCUT2D eigenvalue weighted by atomic mass is 35.5. The van der Waals surface area contributed by atoms with Crippen LogP contribution in [0.1, 0.15) is 17.3 Å². The highest BCUT2D eigenvalue weighted by Crippen LogP contribution is 2.25. The summed E-state index contributed by atoms with van der Waals surface area (Å²) in [6.07, 6.45) is 1.45. The lowest BCUT2D eigenvalue weighted by Crippen LogP contribution is -2.27. The van der Waals surface area contributed by atoms with Crippen molar-refractivity contribution in [1.82, 2.24) is 14.5 Å². The molecule has 0 radical (unpaired) electrons. The molecule has 23 heavy (non-hydrogen) atoms. The summed E-state index contributed by atoms with van der Waals surface area (Å²) in [5, 5.41) is 9.42. The second-order valence-electron chi connectivity index (χ2n) is 4.84. The van der Waals surface area contributed by atoms with Crippen molar-refractivity contribution in [2.24, 2.45) is 0 Å². The maximum absolute atomic E-state index is 12.4. The fourth-order valence-electron chi connectivity index (χ4n) is 2.40. The van der Waals surface area contributed by atoms with Gasteiger partial charge < -0.3 is 5.11 Å². The normalized spacial score (nSPS) is 10.9. The van der Waals surface area contributed by atoms with Gasteiger partial charge in [-0.2, -0.15) is 0 Å². The van der Waals surface area contributed by atoms with Crippen LogP contribution < -0.4 is 5.56 Å². The van der Waals surface area contributed by atoms with Crippen LogP contribution in [0.2, 0.25) is 5.02 Å². The number of halogens is 1. The molecule has 0 atom stereocenters. The van der Waals surface area contributed by atoms with Crippen LogP contribution in [0.3, 0.4) is 0 Å². The van der Waals surface area contributed by atoms with Crippen molar-refractivity contribution < 1.29 is 9.90 Å². The summed E-state index contributed by atoms with van der Waals surface area (Å²) in [6, 6.07) is 9.29. The van der Waals surface area contributed by atoms with Crippen molar-refractivity contribution in [2.45, 2.75) is 13.5 Å². The zero-order valence-corrected chi connectivity index (χ0v) is 12.9. The molecule has 6 nitrogen and oxygen atoms in total. The first kappa shape index (κ1) is 15.2. The van der Waals surface area contributed by atoms with E-state index in [1.54, 1.807) is 6.92 Å². The maximum Gasteiger partial charge on any atom is 0.342 e. The van der Waals surface area contributed by atoms with Gasteiger partial charge in [0, 0.05) is 18.3 Å². The van der Waals surface area contributed by atoms with Gasteiger partial charge in [0.2, 0.25) is 0 Å². The van der Waals surface area contributed by atoms with Gasteiger partial charge in [-0.3, -0.25) is 9.36 Å². The monoisotopic (exact) mass is 329 g/mol. The van der Waals surface area contributed by atoms with Gasteiger partial charge in [0.15, 0.2) is 5.82 Å². The Morgan fingerprint density at radius 2 is 2.00 bits per heavy atom. The molecule has 116 valence electrons. The average molecular weight is 330 g/mol. The van der Waals surface area contributed by atoms with Gasteiger partial charge in [0.25, 0.3) is 5.56 Å². The molecule has 0 spiro atoms. The van der Waals surface area contributed by atoms with E-state index in [9.17, 15) is 14.7 Å². The summed E-state index contributed by atoms with van der Waals surface area (Å²) in [6.45, 7) is 2.02. The van der Waals surface area contributed by atoms with Crippen LogP contribution in [0.25, 0.3) is 22.4 Å². The van der Waals surface area contributed by atoms with Crippen LogP contribution in [0.5, 0.6) is 0 Å². The van der Waals surface area contributed by atoms with E-state index < -0.39 is 17.1 Å². The number of fused-ring (bicyclic) bond motifs is 1. The van der Waals surface area contributed by atoms with Crippen molar-refractivity contribution in [1.29, 1.82) is 0 Å². The molecule has 0 amide bonds. The predicted molar refractivity (Wildman–Crippen MR) is 86.9 cm³/mol. The Morgan fingerprint density at radius 1 is 1.30 bits per heavy atom. The number of aryl methyl sites for hydroxylation is 1. The zero-order valence-electron chi connectivity index (χ0n) is 12.2. The number of hydrogen-bond acceptors (Lipinski definition) is 4. The van der Waals surface area contributed by atoms with Gasteiger partial charge in [-0.05, 0) is 6.92 Å². The molecule has 0 fully saturated rings. The number of hydrogen-bond donors (Lipinski definition) is 1.